The average Bonchev–Trinajstić information content (AvgIpc) is 3.15. The second-order valence-electron chi connectivity index (χ2n) is 11.9. The molecule has 2 aromatic rings. The number of aromatic nitrogens is 3. The predicted molar refractivity (Wildman–Crippen MR) is 135 cm³/mol. The van der Waals surface area contributed by atoms with E-state index in [1.54, 1.807) is 6.92 Å². The zero-order chi connectivity index (χ0) is 25.3. The standard InChI is InChI=1S/C27H42N4O3/c1-17(32)15-28-25(34)23-29-24(31(30-23)16-18-11-9-8-10-12-18)19-13-20(26(2,3)4)22(33)21(14-19)27(5,6)7/h13-14,17-18,32-33H,8-12,15-16H2,1-7H3,(H,28,34)/t17-/m1/s1. The smallest absolute Gasteiger partial charge is 0.291 e. The molecule has 1 heterocycles. The van der Waals surface area contributed by atoms with Crippen LogP contribution in [0.3, 0.4) is 0 Å². The van der Waals surface area contributed by atoms with E-state index in [0.717, 1.165) is 29.5 Å². The molecular formula is C27H42N4O3. The van der Waals surface area contributed by atoms with E-state index in [2.05, 4.69) is 56.9 Å². The predicted octanol–water partition coefficient (Wildman–Crippen LogP) is 4.94. The third kappa shape index (κ3) is 6.17. The van der Waals surface area contributed by atoms with Crippen molar-refractivity contribution in [2.75, 3.05) is 6.54 Å². The topological polar surface area (TPSA) is 100 Å². The minimum absolute atomic E-state index is 0.106. The fraction of sp³-hybridized carbons (Fsp3) is 0.667. The summed E-state index contributed by atoms with van der Waals surface area (Å²) in [5, 5.41) is 28.0. The van der Waals surface area contributed by atoms with Gasteiger partial charge in [0.05, 0.1) is 6.10 Å². The molecule has 188 valence electrons. The van der Waals surface area contributed by atoms with Gasteiger partial charge in [-0.1, -0.05) is 60.8 Å². The highest BCUT2D eigenvalue weighted by atomic mass is 16.3. The first-order chi connectivity index (χ1) is 15.8. The Hall–Kier alpha value is -2.41. The Morgan fingerprint density at radius 1 is 1.09 bits per heavy atom. The van der Waals surface area contributed by atoms with Gasteiger partial charge in [0.1, 0.15) is 5.75 Å². The Kier molecular flexibility index (Phi) is 7.75. The molecule has 3 rings (SSSR count). The third-order valence-corrected chi connectivity index (χ3v) is 6.57. The Balaban J connectivity index is 2.13. The van der Waals surface area contributed by atoms with Crippen molar-refractivity contribution in [3.05, 3.63) is 29.1 Å². The quantitative estimate of drug-likeness (QED) is 0.555. The molecule has 0 spiro atoms. The number of aliphatic hydroxyl groups excluding tert-OH is 1. The van der Waals surface area contributed by atoms with Gasteiger partial charge < -0.3 is 15.5 Å². The summed E-state index contributed by atoms with van der Waals surface area (Å²) in [6, 6.07) is 3.98. The maximum Gasteiger partial charge on any atom is 0.291 e. The van der Waals surface area contributed by atoms with Crippen LogP contribution in [0.1, 0.15) is 102 Å². The molecule has 1 aliphatic rings. The van der Waals surface area contributed by atoms with Gasteiger partial charge in [0.15, 0.2) is 5.82 Å². The minimum Gasteiger partial charge on any atom is -0.507 e. The normalized spacial score (nSPS) is 16.5. The number of carbonyl (C=O) groups excluding carboxylic acids is 1. The Bertz CT molecular complexity index is 971. The lowest BCUT2D eigenvalue weighted by Gasteiger charge is -2.28. The molecule has 0 aliphatic heterocycles. The molecule has 7 heteroatoms. The maximum atomic E-state index is 12.7. The van der Waals surface area contributed by atoms with Crippen molar-refractivity contribution in [1.82, 2.24) is 20.1 Å². The van der Waals surface area contributed by atoms with Crippen LogP contribution in [0.25, 0.3) is 11.4 Å². The first kappa shape index (κ1) is 26.2. The Labute approximate surface area is 204 Å². The number of hydrogen-bond acceptors (Lipinski definition) is 5. The van der Waals surface area contributed by atoms with Gasteiger partial charge in [-0.3, -0.25) is 4.79 Å². The first-order valence-corrected chi connectivity index (χ1v) is 12.6. The van der Waals surface area contributed by atoms with E-state index >= 15 is 0 Å². The average molecular weight is 471 g/mol. The van der Waals surface area contributed by atoms with Crippen molar-refractivity contribution in [2.45, 2.75) is 104 Å². The van der Waals surface area contributed by atoms with E-state index in [9.17, 15) is 15.0 Å². The molecular weight excluding hydrogens is 428 g/mol. The fourth-order valence-electron chi connectivity index (χ4n) is 4.62. The van der Waals surface area contributed by atoms with E-state index in [0.29, 0.717) is 24.0 Å². The summed E-state index contributed by atoms with van der Waals surface area (Å²) in [5.74, 6) is 1.18. The number of rotatable bonds is 6. The van der Waals surface area contributed by atoms with Gasteiger partial charge in [-0.15, -0.1) is 5.10 Å². The summed E-state index contributed by atoms with van der Waals surface area (Å²) in [6.07, 6.45) is 5.37. The number of carbonyl (C=O) groups is 1. The number of hydrogen-bond donors (Lipinski definition) is 3. The maximum absolute atomic E-state index is 12.7. The van der Waals surface area contributed by atoms with Crippen molar-refractivity contribution in [3.8, 4) is 17.1 Å². The van der Waals surface area contributed by atoms with Crippen LogP contribution in [-0.4, -0.2) is 43.5 Å². The molecule has 1 atom stereocenters. The molecule has 1 saturated carbocycles. The van der Waals surface area contributed by atoms with Crippen LogP contribution in [0.15, 0.2) is 12.1 Å². The molecule has 3 N–H and O–H groups in total. The second-order valence-corrected chi connectivity index (χ2v) is 11.9. The first-order valence-electron chi connectivity index (χ1n) is 12.6. The number of aliphatic hydroxyl groups is 1. The van der Waals surface area contributed by atoms with Crippen LogP contribution in [0.4, 0.5) is 0 Å². The van der Waals surface area contributed by atoms with Crippen LogP contribution < -0.4 is 5.32 Å². The highest BCUT2D eigenvalue weighted by Crippen LogP contribution is 2.42. The molecule has 0 bridgehead atoms. The number of phenolic OH excluding ortho intramolecular Hbond substituents is 1. The van der Waals surface area contributed by atoms with Gasteiger partial charge >= 0.3 is 0 Å². The summed E-state index contributed by atoms with van der Waals surface area (Å²) >= 11 is 0. The summed E-state index contributed by atoms with van der Waals surface area (Å²) in [7, 11) is 0. The monoisotopic (exact) mass is 470 g/mol. The van der Waals surface area contributed by atoms with Crippen molar-refractivity contribution >= 4 is 5.91 Å². The summed E-state index contributed by atoms with van der Waals surface area (Å²) < 4.78 is 1.87. The third-order valence-electron chi connectivity index (χ3n) is 6.57. The Morgan fingerprint density at radius 3 is 2.15 bits per heavy atom. The van der Waals surface area contributed by atoms with Gasteiger partial charge in [0.2, 0.25) is 5.82 Å². The summed E-state index contributed by atoms with van der Waals surface area (Å²) in [5.41, 5.74) is 2.01. The van der Waals surface area contributed by atoms with E-state index in [-0.39, 0.29) is 23.2 Å². The van der Waals surface area contributed by atoms with E-state index in [4.69, 9.17) is 0 Å². The fourth-order valence-corrected chi connectivity index (χ4v) is 4.62. The lowest BCUT2D eigenvalue weighted by Crippen LogP contribution is -2.31. The van der Waals surface area contributed by atoms with Gasteiger partial charge in [0.25, 0.3) is 5.91 Å². The molecule has 1 amide bonds. The largest absolute Gasteiger partial charge is 0.507 e. The SMILES string of the molecule is C[C@@H](O)CNC(=O)c1nc(-c2cc(C(C)(C)C)c(O)c(C(C)(C)C)c2)n(CC2CCCCC2)n1. The van der Waals surface area contributed by atoms with E-state index in [1.165, 1.54) is 19.3 Å². The lowest BCUT2D eigenvalue weighted by molar-refractivity contribution is 0.0913. The van der Waals surface area contributed by atoms with Crippen LogP contribution in [0.5, 0.6) is 5.75 Å². The number of nitrogens with zero attached hydrogens (tertiary/aromatic N) is 3. The number of amides is 1. The molecule has 1 fully saturated rings. The second kappa shape index (κ2) is 10.1. The molecule has 7 nitrogen and oxygen atoms in total. The Morgan fingerprint density at radius 2 is 1.65 bits per heavy atom. The van der Waals surface area contributed by atoms with E-state index in [1.807, 2.05) is 16.8 Å². The zero-order valence-electron chi connectivity index (χ0n) is 21.9. The van der Waals surface area contributed by atoms with Crippen LogP contribution in [-0.2, 0) is 17.4 Å². The molecule has 1 aliphatic carbocycles. The molecule has 34 heavy (non-hydrogen) atoms. The molecule has 0 unspecified atom stereocenters. The van der Waals surface area contributed by atoms with Gasteiger partial charge in [-0.2, -0.15) is 0 Å². The highest BCUT2D eigenvalue weighted by molar-refractivity contribution is 5.90. The number of benzene rings is 1. The molecule has 0 saturated heterocycles. The van der Waals surface area contributed by atoms with Crippen LogP contribution in [0, 0.1) is 5.92 Å². The van der Waals surface area contributed by atoms with Crippen LogP contribution >= 0.6 is 0 Å². The van der Waals surface area contributed by atoms with Gasteiger partial charge in [0, 0.05) is 29.8 Å². The molecule has 1 aromatic heterocycles. The number of nitrogens with one attached hydrogen (secondary N) is 1. The van der Waals surface area contributed by atoms with E-state index < -0.39 is 12.0 Å². The van der Waals surface area contributed by atoms with Crippen molar-refractivity contribution in [1.29, 1.82) is 0 Å². The zero-order valence-corrected chi connectivity index (χ0v) is 21.9. The van der Waals surface area contributed by atoms with Crippen LogP contribution in [0.2, 0.25) is 0 Å². The van der Waals surface area contributed by atoms with Gasteiger partial charge in [-0.05, 0) is 48.6 Å². The molecule has 0 radical (unpaired) electrons. The molecule has 1 aromatic carbocycles. The lowest BCUT2D eigenvalue weighted by atomic mass is 9.78. The minimum atomic E-state index is -0.645. The van der Waals surface area contributed by atoms with Gasteiger partial charge in [-0.25, -0.2) is 9.67 Å². The highest BCUT2D eigenvalue weighted by Gasteiger charge is 2.29. The summed E-state index contributed by atoms with van der Waals surface area (Å²) in [4.78, 5) is 17.4. The van der Waals surface area contributed by atoms with Crippen molar-refractivity contribution in [2.24, 2.45) is 5.92 Å². The van der Waals surface area contributed by atoms with Crippen molar-refractivity contribution in [3.63, 3.8) is 0 Å². The number of aromatic hydroxyl groups is 1. The van der Waals surface area contributed by atoms with Crippen molar-refractivity contribution < 1.29 is 15.0 Å². The number of phenols is 1. The summed E-state index contributed by atoms with van der Waals surface area (Å²) in [6.45, 7) is 15.0.